The van der Waals surface area contributed by atoms with Gasteiger partial charge in [0.2, 0.25) is 5.91 Å². The van der Waals surface area contributed by atoms with Crippen molar-refractivity contribution in [2.24, 2.45) is 0 Å². The number of amides is 1. The third kappa shape index (κ3) is 2.59. The standard InChI is InChI=1S/C18H17N3OS2/c1-11-9-13-5-3-4-6-15(13)21(11)18(22)12(2)24-17-14-7-8-23-16(14)19-10-20-17/h3-8,10-12H,9H2,1-2H3. The molecule has 0 radical (unpaired) electrons. The van der Waals surface area contributed by atoms with Crippen LogP contribution in [0.2, 0.25) is 0 Å². The zero-order valence-corrected chi connectivity index (χ0v) is 15.1. The highest BCUT2D eigenvalue weighted by Gasteiger charge is 2.33. The lowest BCUT2D eigenvalue weighted by atomic mass is 10.1. The van der Waals surface area contributed by atoms with Crippen molar-refractivity contribution in [3.8, 4) is 0 Å². The number of carbonyl (C=O) groups is 1. The lowest BCUT2D eigenvalue weighted by Gasteiger charge is -2.25. The fraction of sp³-hybridized carbons (Fsp3) is 0.278. The Morgan fingerprint density at radius 3 is 3.04 bits per heavy atom. The van der Waals surface area contributed by atoms with E-state index in [4.69, 9.17) is 0 Å². The second-order valence-electron chi connectivity index (χ2n) is 5.97. The maximum absolute atomic E-state index is 13.1. The topological polar surface area (TPSA) is 46.1 Å². The maximum Gasteiger partial charge on any atom is 0.240 e. The Morgan fingerprint density at radius 1 is 1.33 bits per heavy atom. The number of rotatable bonds is 3. The number of para-hydroxylation sites is 1. The second-order valence-corrected chi connectivity index (χ2v) is 8.19. The molecule has 0 saturated heterocycles. The molecule has 0 fully saturated rings. The third-order valence-corrected chi connectivity index (χ3v) is 6.23. The summed E-state index contributed by atoms with van der Waals surface area (Å²) in [6, 6.07) is 10.4. The Morgan fingerprint density at radius 2 is 2.17 bits per heavy atom. The molecular formula is C18H17N3OS2. The van der Waals surface area contributed by atoms with E-state index >= 15 is 0 Å². The number of aromatic nitrogens is 2. The summed E-state index contributed by atoms with van der Waals surface area (Å²) in [4.78, 5) is 24.6. The minimum atomic E-state index is -0.198. The Hall–Kier alpha value is -1.92. The van der Waals surface area contributed by atoms with Gasteiger partial charge in [-0.25, -0.2) is 9.97 Å². The zero-order chi connectivity index (χ0) is 16.7. The molecule has 2 unspecified atom stereocenters. The van der Waals surface area contributed by atoms with Crippen molar-refractivity contribution in [2.75, 3.05) is 4.90 Å². The van der Waals surface area contributed by atoms with Crippen LogP contribution in [0.25, 0.3) is 10.2 Å². The molecule has 1 aliphatic heterocycles. The summed E-state index contributed by atoms with van der Waals surface area (Å²) < 4.78 is 0. The van der Waals surface area contributed by atoms with E-state index in [-0.39, 0.29) is 17.2 Å². The first-order valence-electron chi connectivity index (χ1n) is 7.91. The average Bonchev–Trinajstić information content (AvgIpc) is 3.18. The van der Waals surface area contributed by atoms with Gasteiger partial charge in [0.25, 0.3) is 0 Å². The van der Waals surface area contributed by atoms with Crippen LogP contribution in [0, 0.1) is 0 Å². The highest BCUT2D eigenvalue weighted by atomic mass is 32.2. The van der Waals surface area contributed by atoms with Gasteiger partial charge in [0.1, 0.15) is 16.2 Å². The molecule has 0 spiro atoms. The number of fused-ring (bicyclic) bond motifs is 2. The molecular weight excluding hydrogens is 338 g/mol. The fourth-order valence-electron chi connectivity index (χ4n) is 3.18. The maximum atomic E-state index is 13.1. The Balaban J connectivity index is 1.60. The van der Waals surface area contributed by atoms with Gasteiger partial charge in [0.15, 0.2) is 0 Å². The molecule has 3 heterocycles. The number of thiophene rings is 1. The number of hydrogen-bond donors (Lipinski definition) is 0. The highest BCUT2D eigenvalue weighted by molar-refractivity contribution is 8.00. The molecule has 0 N–H and O–H groups in total. The summed E-state index contributed by atoms with van der Waals surface area (Å²) in [7, 11) is 0. The van der Waals surface area contributed by atoms with Crippen LogP contribution in [0.15, 0.2) is 47.1 Å². The second kappa shape index (κ2) is 6.18. The monoisotopic (exact) mass is 355 g/mol. The number of thioether (sulfide) groups is 1. The fourth-order valence-corrected chi connectivity index (χ4v) is 4.92. The normalized spacial score (nSPS) is 17.9. The van der Waals surface area contributed by atoms with Crippen molar-refractivity contribution >= 4 is 44.9 Å². The van der Waals surface area contributed by atoms with Crippen LogP contribution in [0.1, 0.15) is 19.4 Å². The van der Waals surface area contributed by atoms with Gasteiger partial charge in [0.05, 0.1) is 5.25 Å². The predicted molar refractivity (Wildman–Crippen MR) is 99.8 cm³/mol. The summed E-state index contributed by atoms with van der Waals surface area (Å²) in [5.41, 5.74) is 2.30. The molecule has 0 saturated carbocycles. The van der Waals surface area contributed by atoms with Crippen molar-refractivity contribution in [1.82, 2.24) is 9.97 Å². The third-order valence-electron chi connectivity index (χ3n) is 4.31. The molecule has 1 aromatic carbocycles. The Labute approximate surface area is 148 Å². The van der Waals surface area contributed by atoms with Gasteiger partial charge in [-0.1, -0.05) is 30.0 Å². The number of anilines is 1. The van der Waals surface area contributed by atoms with E-state index in [1.165, 1.54) is 17.3 Å². The molecule has 4 nitrogen and oxygen atoms in total. The summed E-state index contributed by atoms with van der Waals surface area (Å²) in [6.45, 7) is 4.07. The van der Waals surface area contributed by atoms with Crippen molar-refractivity contribution in [2.45, 2.75) is 36.6 Å². The van der Waals surface area contributed by atoms with E-state index in [1.807, 2.05) is 41.5 Å². The van der Waals surface area contributed by atoms with Gasteiger partial charge in [0, 0.05) is 17.1 Å². The van der Waals surface area contributed by atoms with Crippen LogP contribution < -0.4 is 4.90 Å². The summed E-state index contributed by atoms with van der Waals surface area (Å²) in [5.74, 6) is 0.138. The zero-order valence-electron chi connectivity index (χ0n) is 13.5. The number of hydrogen-bond acceptors (Lipinski definition) is 5. The van der Waals surface area contributed by atoms with Crippen molar-refractivity contribution < 1.29 is 4.79 Å². The number of nitrogens with zero attached hydrogens (tertiary/aromatic N) is 3. The summed E-state index contributed by atoms with van der Waals surface area (Å²) in [6.07, 6.45) is 2.49. The van der Waals surface area contributed by atoms with Crippen molar-refractivity contribution in [3.63, 3.8) is 0 Å². The SMILES string of the molecule is CC(Sc1ncnc2sccc12)C(=O)N1c2ccccc2CC1C. The summed E-state index contributed by atoms with van der Waals surface area (Å²) >= 11 is 3.11. The first-order chi connectivity index (χ1) is 11.6. The first kappa shape index (κ1) is 15.6. The quantitative estimate of drug-likeness (QED) is 0.523. The molecule has 1 amide bonds. The van der Waals surface area contributed by atoms with Crippen LogP contribution in [-0.4, -0.2) is 27.2 Å². The Kier molecular flexibility index (Phi) is 4.02. The largest absolute Gasteiger partial charge is 0.308 e. The molecule has 2 atom stereocenters. The molecule has 2 aromatic heterocycles. The lowest BCUT2D eigenvalue weighted by molar-refractivity contribution is -0.118. The van der Waals surface area contributed by atoms with Crippen LogP contribution in [0.5, 0.6) is 0 Å². The summed E-state index contributed by atoms with van der Waals surface area (Å²) in [5, 5.41) is 3.72. The molecule has 122 valence electrons. The molecule has 4 rings (SSSR count). The molecule has 24 heavy (non-hydrogen) atoms. The van der Waals surface area contributed by atoms with Gasteiger partial charge >= 0.3 is 0 Å². The van der Waals surface area contributed by atoms with Crippen LogP contribution in [0.4, 0.5) is 5.69 Å². The minimum Gasteiger partial charge on any atom is -0.308 e. The molecule has 0 bridgehead atoms. The first-order valence-corrected chi connectivity index (χ1v) is 9.67. The molecule has 0 aliphatic carbocycles. The van der Waals surface area contributed by atoms with E-state index in [9.17, 15) is 4.79 Å². The van der Waals surface area contributed by atoms with Crippen LogP contribution in [0.3, 0.4) is 0 Å². The molecule has 1 aliphatic rings. The van der Waals surface area contributed by atoms with Gasteiger partial charge in [-0.05, 0) is 43.3 Å². The molecule has 3 aromatic rings. The van der Waals surface area contributed by atoms with E-state index in [2.05, 4.69) is 23.0 Å². The van der Waals surface area contributed by atoms with Gasteiger partial charge in [-0.3, -0.25) is 4.79 Å². The van der Waals surface area contributed by atoms with Crippen molar-refractivity contribution in [3.05, 3.63) is 47.6 Å². The number of benzene rings is 1. The number of carbonyl (C=O) groups excluding carboxylic acids is 1. The van der Waals surface area contributed by atoms with E-state index in [1.54, 1.807) is 17.7 Å². The van der Waals surface area contributed by atoms with E-state index in [0.717, 1.165) is 27.4 Å². The van der Waals surface area contributed by atoms with E-state index < -0.39 is 0 Å². The van der Waals surface area contributed by atoms with Crippen LogP contribution in [-0.2, 0) is 11.2 Å². The average molecular weight is 355 g/mol. The lowest BCUT2D eigenvalue weighted by Crippen LogP contribution is -2.40. The van der Waals surface area contributed by atoms with Crippen LogP contribution >= 0.6 is 23.1 Å². The van der Waals surface area contributed by atoms with Gasteiger partial charge < -0.3 is 4.90 Å². The highest BCUT2D eigenvalue weighted by Crippen LogP contribution is 2.36. The van der Waals surface area contributed by atoms with Crippen molar-refractivity contribution in [1.29, 1.82) is 0 Å². The van der Waals surface area contributed by atoms with E-state index in [0.29, 0.717) is 0 Å². The van der Waals surface area contributed by atoms with Gasteiger partial charge in [-0.15, -0.1) is 11.3 Å². The smallest absolute Gasteiger partial charge is 0.240 e. The predicted octanol–water partition coefficient (Wildman–Crippen LogP) is 4.15. The Bertz CT molecular complexity index is 908. The van der Waals surface area contributed by atoms with Gasteiger partial charge in [-0.2, -0.15) is 0 Å². The molecule has 6 heteroatoms. The minimum absolute atomic E-state index is 0.138.